The van der Waals surface area contributed by atoms with E-state index in [1.54, 1.807) is 21.3 Å². The Bertz CT molecular complexity index is 491. The fraction of sp³-hybridized carbons (Fsp3) is 0.562. The molecule has 1 aliphatic carbocycles. The second kappa shape index (κ2) is 8.08. The Labute approximate surface area is 137 Å². The summed E-state index contributed by atoms with van der Waals surface area (Å²) in [5.74, 6) is 1.77. The van der Waals surface area contributed by atoms with Crippen molar-refractivity contribution >= 4 is 23.0 Å². The summed E-state index contributed by atoms with van der Waals surface area (Å²) < 4.78 is 16.0. The number of benzene rings is 1. The lowest BCUT2D eigenvalue weighted by atomic mass is 9.96. The van der Waals surface area contributed by atoms with Crippen molar-refractivity contribution in [1.82, 2.24) is 5.32 Å². The predicted molar refractivity (Wildman–Crippen MR) is 92.3 cm³/mol. The van der Waals surface area contributed by atoms with E-state index in [4.69, 9.17) is 26.4 Å². The molecule has 2 N–H and O–H groups in total. The molecule has 0 aliphatic heterocycles. The Hall–Kier alpha value is -1.69. The van der Waals surface area contributed by atoms with Gasteiger partial charge in [0.25, 0.3) is 0 Å². The number of anilines is 1. The van der Waals surface area contributed by atoms with E-state index >= 15 is 0 Å². The van der Waals surface area contributed by atoms with Crippen LogP contribution in [0.5, 0.6) is 17.2 Å². The fourth-order valence-corrected chi connectivity index (χ4v) is 3.04. The molecule has 0 heterocycles. The van der Waals surface area contributed by atoms with Crippen LogP contribution in [-0.2, 0) is 0 Å². The third-order valence-corrected chi connectivity index (χ3v) is 4.08. The minimum absolute atomic E-state index is 0.468. The zero-order valence-corrected chi connectivity index (χ0v) is 14.2. The first-order valence-corrected chi connectivity index (χ1v) is 7.96. The zero-order valence-electron chi connectivity index (χ0n) is 13.4. The molecule has 6 heteroatoms. The minimum atomic E-state index is 0.468. The van der Waals surface area contributed by atoms with Crippen molar-refractivity contribution in [1.29, 1.82) is 0 Å². The van der Waals surface area contributed by atoms with Gasteiger partial charge in [-0.1, -0.05) is 19.3 Å². The number of hydrogen-bond acceptors (Lipinski definition) is 4. The van der Waals surface area contributed by atoms with Crippen molar-refractivity contribution in [3.8, 4) is 17.2 Å². The molecular formula is C16H24N2O3S. The average molecular weight is 324 g/mol. The van der Waals surface area contributed by atoms with Gasteiger partial charge in [0.1, 0.15) is 0 Å². The lowest BCUT2D eigenvalue weighted by molar-refractivity contribution is 0.324. The van der Waals surface area contributed by atoms with Gasteiger partial charge in [-0.25, -0.2) is 0 Å². The van der Waals surface area contributed by atoms with Gasteiger partial charge in [0.2, 0.25) is 5.75 Å². The largest absolute Gasteiger partial charge is 0.493 e. The number of thiocarbonyl (C=S) groups is 1. The topological polar surface area (TPSA) is 51.8 Å². The highest BCUT2D eigenvalue weighted by molar-refractivity contribution is 7.80. The molecule has 0 spiro atoms. The number of ether oxygens (including phenoxy) is 3. The molecule has 22 heavy (non-hydrogen) atoms. The highest BCUT2D eigenvalue weighted by Crippen LogP contribution is 2.39. The third kappa shape index (κ3) is 4.16. The van der Waals surface area contributed by atoms with E-state index in [0.717, 1.165) is 5.69 Å². The van der Waals surface area contributed by atoms with E-state index in [-0.39, 0.29) is 0 Å². The van der Waals surface area contributed by atoms with E-state index in [0.29, 0.717) is 28.4 Å². The number of rotatable bonds is 5. The predicted octanol–water partition coefficient (Wildman–Crippen LogP) is 3.33. The van der Waals surface area contributed by atoms with Gasteiger partial charge < -0.3 is 24.8 Å². The number of nitrogens with one attached hydrogen (secondary N) is 2. The lowest BCUT2D eigenvalue weighted by Gasteiger charge is -2.24. The number of hydrogen-bond donors (Lipinski definition) is 2. The molecule has 0 aromatic heterocycles. The van der Waals surface area contributed by atoms with Crippen LogP contribution < -0.4 is 24.8 Å². The van der Waals surface area contributed by atoms with E-state index in [2.05, 4.69) is 10.6 Å². The fourth-order valence-electron chi connectivity index (χ4n) is 2.75. The second-order valence-corrected chi connectivity index (χ2v) is 5.76. The third-order valence-electron chi connectivity index (χ3n) is 3.86. The summed E-state index contributed by atoms with van der Waals surface area (Å²) in [7, 11) is 4.78. The van der Waals surface area contributed by atoms with Crippen molar-refractivity contribution in [2.75, 3.05) is 26.6 Å². The van der Waals surface area contributed by atoms with Gasteiger partial charge in [0.05, 0.1) is 21.3 Å². The van der Waals surface area contributed by atoms with E-state index < -0.39 is 0 Å². The van der Waals surface area contributed by atoms with Crippen LogP contribution in [0, 0.1) is 0 Å². The summed E-state index contributed by atoms with van der Waals surface area (Å²) in [6.07, 6.45) is 6.22. The van der Waals surface area contributed by atoms with Crippen LogP contribution in [0.1, 0.15) is 32.1 Å². The van der Waals surface area contributed by atoms with Crippen LogP contribution in [-0.4, -0.2) is 32.5 Å². The van der Waals surface area contributed by atoms with Crippen molar-refractivity contribution < 1.29 is 14.2 Å². The molecule has 1 aromatic rings. The first-order chi connectivity index (χ1) is 10.7. The van der Waals surface area contributed by atoms with E-state index in [1.165, 1.54) is 32.1 Å². The maximum Gasteiger partial charge on any atom is 0.203 e. The van der Waals surface area contributed by atoms with Crippen LogP contribution in [0.15, 0.2) is 12.1 Å². The van der Waals surface area contributed by atoms with Crippen molar-refractivity contribution in [3.05, 3.63) is 12.1 Å². The highest BCUT2D eigenvalue weighted by Gasteiger charge is 2.16. The summed E-state index contributed by atoms with van der Waals surface area (Å²) in [6, 6.07) is 4.16. The Morgan fingerprint density at radius 2 is 1.59 bits per heavy atom. The van der Waals surface area contributed by atoms with Gasteiger partial charge in [-0.2, -0.15) is 0 Å². The maximum absolute atomic E-state index is 5.40. The smallest absolute Gasteiger partial charge is 0.203 e. The molecule has 0 unspecified atom stereocenters. The molecule has 1 fully saturated rings. The van der Waals surface area contributed by atoms with Crippen LogP contribution in [0.4, 0.5) is 5.69 Å². The van der Waals surface area contributed by atoms with Gasteiger partial charge in [0, 0.05) is 23.9 Å². The molecule has 122 valence electrons. The van der Waals surface area contributed by atoms with E-state index in [9.17, 15) is 0 Å². The van der Waals surface area contributed by atoms with Gasteiger partial charge >= 0.3 is 0 Å². The molecule has 0 radical (unpaired) electrons. The highest BCUT2D eigenvalue weighted by atomic mass is 32.1. The Kier molecular flexibility index (Phi) is 6.12. The maximum atomic E-state index is 5.40. The van der Waals surface area contributed by atoms with Gasteiger partial charge in [0.15, 0.2) is 16.6 Å². The summed E-state index contributed by atoms with van der Waals surface area (Å²) >= 11 is 5.40. The van der Waals surface area contributed by atoms with Crippen LogP contribution in [0.2, 0.25) is 0 Å². The minimum Gasteiger partial charge on any atom is -0.493 e. The first kappa shape index (κ1) is 16.7. The zero-order chi connectivity index (χ0) is 15.9. The molecule has 0 saturated heterocycles. The SMILES string of the molecule is COc1cc(NC(=S)NC2CCCCC2)cc(OC)c1OC. The molecule has 5 nitrogen and oxygen atoms in total. The summed E-state index contributed by atoms with van der Waals surface area (Å²) in [4.78, 5) is 0. The monoisotopic (exact) mass is 324 g/mol. The van der Waals surface area contributed by atoms with Crippen LogP contribution in [0.3, 0.4) is 0 Å². The summed E-state index contributed by atoms with van der Waals surface area (Å²) in [5.41, 5.74) is 0.808. The standard InChI is InChI=1S/C16H24N2O3S/c1-19-13-9-12(10-14(20-2)15(13)21-3)18-16(22)17-11-7-5-4-6-8-11/h9-11H,4-8H2,1-3H3,(H2,17,18,22). The van der Waals surface area contributed by atoms with Crippen molar-refractivity contribution in [2.45, 2.75) is 38.1 Å². The molecule has 1 aromatic carbocycles. The van der Waals surface area contributed by atoms with Gasteiger partial charge in [-0.15, -0.1) is 0 Å². The molecule has 1 saturated carbocycles. The Morgan fingerprint density at radius 1 is 1.00 bits per heavy atom. The van der Waals surface area contributed by atoms with Crippen LogP contribution in [0.25, 0.3) is 0 Å². The Balaban J connectivity index is 2.06. The molecule has 0 amide bonds. The molecule has 2 rings (SSSR count). The Morgan fingerprint density at radius 3 is 2.09 bits per heavy atom. The van der Waals surface area contributed by atoms with Gasteiger partial charge in [-0.3, -0.25) is 0 Å². The number of methoxy groups -OCH3 is 3. The normalized spacial score (nSPS) is 15.0. The van der Waals surface area contributed by atoms with Gasteiger partial charge in [-0.05, 0) is 25.1 Å². The van der Waals surface area contributed by atoms with E-state index in [1.807, 2.05) is 12.1 Å². The first-order valence-electron chi connectivity index (χ1n) is 7.55. The van der Waals surface area contributed by atoms with Crippen molar-refractivity contribution in [2.24, 2.45) is 0 Å². The average Bonchev–Trinajstić information content (AvgIpc) is 2.54. The molecule has 0 atom stereocenters. The second-order valence-electron chi connectivity index (χ2n) is 5.35. The van der Waals surface area contributed by atoms with Crippen LogP contribution >= 0.6 is 12.2 Å². The summed E-state index contributed by atoms with van der Waals surface area (Å²) in [5, 5.41) is 7.20. The molecular weight excluding hydrogens is 300 g/mol. The lowest BCUT2D eigenvalue weighted by Crippen LogP contribution is -2.38. The quantitative estimate of drug-likeness (QED) is 0.810. The molecule has 1 aliphatic rings. The van der Waals surface area contributed by atoms with Crippen molar-refractivity contribution in [3.63, 3.8) is 0 Å². The summed E-state index contributed by atoms with van der Waals surface area (Å²) in [6.45, 7) is 0. The molecule has 0 bridgehead atoms.